The highest BCUT2D eigenvalue weighted by Crippen LogP contribution is 2.16. The maximum absolute atomic E-state index is 13.6. The number of nitrogens with zero attached hydrogens (tertiary/aromatic N) is 2. The van der Waals surface area contributed by atoms with Crippen LogP contribution in [-0.2, 0) is 24.3 Å². The second kappa shape index (κ2) is 13.8. The third kappa shape index (κ3) is 8.88. The minimum absolute atomic E-state index is 0.0455. The number of furan rings is 1. The number of hydrogen-bond acceptors (Lipinski definition) is 3. The summed E-state index contributed by atoms with van der Waals surface area (Å²) >= 11 is 0. The number of halogens is 1. The zero-order chi connectivity index (χ0) is 26.8. The monoisotopic (exact) mass is 506 g/mol. The van der Waals surface area contributed by atoms with Gasteiger partial charge in [-0.2, -0.15) is 0 Å². The van der Waals surface area contributed by atoms with Crippen LogP contribution in [0.3, 0.4) is 0 Å². The first-order valence-electron chi connectivity index (χ1n) is 13.2. The van der Waals surface area contributed by atoms with Crippen molar-refractivity contribution in [1.29, 1.82) is 0 Å². The van der Waals surface area contributed by atoms with E-state index in [-0.39, 0.29) is 43.2 Å². The molecule has 0 saturated carbocycles. The fourth-order valence-electron chi connectivity index (χ4n) is 4.30. The summed E-state index contributed by atoms with van der Waals surface area (Å²) in [5.41, 5.74) is 2.61. The Morgan fingerprint density at radius 2 is 1.54 bits per heavy atom. The quantitative estimate of drug-likeness (QED) is 0.240. The Bertz CT molecular complexity index is 1140. The molecule has 2 aromatic carbocycles. The standard InChI is InChI=1S/C31H39FN2O3/c1-5-6-7-8-25-10-14-27(15-11-25)31(36)34(19-23(2)3)22-30(35)33(21-29-18-9-24(4)37-29)20-26-12-16-28(32)17-13-26/h9-18,23H,5-8,19-22H2,1-4H3. The molecule has 0 bridgehead atoms. The molecule has 0 radical (unpaired) electrons. The smallest absolute Gasteiger partial charge is 0.254 e. The Balaban J connectivity index is 1.76. The van der Waals surface area contributed by atoms with Gasteiger partial charge in [-0.3, -0.25) is 9.59 Å². The summed E-state index contributed by atoms with van der Waals surface area (Å²) in [7, 11) is 0. The molecule has 1 heterocycles. The SMILES string of the molecule is CCCCCc1ccc(C(=O)N(CC(=O)N(Cc2ccc(F)cc2)Cc2ccc(C)o2)CC(C)C)cc1. The lowest BCUT2D eigenvalue weighted by Gasteiger charge is -2.28. The second-order valence-electron chi connectivity index (χ2n) is 10.1. The summed E-state index contributed by atoms with van der Waals surface area (Å²) in [6.45, 7) is 9.07. The molecule has 198 valence electrons. The molecule has 0 aliphatic carbocycles. The predicted octanol–water partition coefficient (Wildman–Crippen LogP) is 6.79. The van der Waals surface area contributed by atoms with Gasteiger partial charge in [0.1, 0.15) is 23.9 Å². The Hall–Kier alpha value is -3.41. The predicted molar refractivity (Wildman–Crippen MR) is 145 cm³/mol. The van der Waals surface area contributed by atoms with E-state index in [0.717, 1.165) is 24.2 Å². The van der Waals surface area contributed by atoms with Crippen LogP contribution in [0.15, 0.2) is 65.1 Å². The van der Waals surface area contributed by atoms with Crippen LogP contribution < -0.4 is 0 Å². The number of hydrogen-bond donors (Lipinski definition) is 0. The van der Waals surface area contributed by atoms with Crippen molar-refractivity contribution in [2.45, 2.75) is 66.5 Å². The van der Waals surface area contributed by atoms with Gasteiger partial charge in [-0.15, -0.1) is 0 Å². The van der Waals surface area contributed by atoms with E-state index >= 15 is 0 Å². The van der Waals surface area contributed by atoms with E-state index in [9.17, 15) is 14.0 Å². The van der Waals surface area contributed by atoms with Crippen LogP contribution in [0.25, 0.3) is 0 Å². The summed E-state index contributed by atoms with van der Waals surface area (Å²) in [6.07, 6.45) is 4.50. The molecular weight excluding hydrogens is 467 g/mol. The Morgan fingerprint density at radius 3 is 2.14 bits per heavy atom. The van der Waals surface area contributed by atoms with E-state index in [1.165, 1.54) is 30.5 Å². The van der Waals surface area contributed by atoms with Crippen molar-refractivity contribution in [1.82, 2.24) is 9.80 Å². The number of aryl methyl sites for hydroxylation is 2. The van der Waals surface area contributed by atoms with Gasteiger partial charge in [0.25, 0.3) is 5.91 Å². The number of rotatable bonds is 13. The maximum atomic E-state index is 13.6. The van der Waals surface area contributed by atoms with E-state index in [4.69, 9.17) is 4.42 Å². The molecule has 0 aliphatic heterocycles. The minimum atomic E-state index is -0.326. The van der Waals surface area contributed by atoms with Crippen molar-refractivity contribution in [3.8, 4) is 0 Å². The van der Waals surface area contributed by atoms with E-state index in [2.05, 4.69) is 6.92 Å². The van der Waals surface area contributed by atoms with Crippen LogP contribution in [0.5, 0.6) is 0 Å². The number of unbranched alkanes of at least 4 members (excludes halogenated alkanes) is 2. The van der Waals surface area contributed by atoms with E-state index in [0.29, 0.717) is 17.9 Å². The summed E-state index contributed by atoms with van der Waals surface area (Å²) in [5.74, 6) is 0.949. The molecule has 0 atom stereocenters. The van der Waals surface area contributed by atoms with Crippen molar-refractivity contribution < 1.29 is 18.4 Å². The van der Waals surface area contributed by atoms with Crippen LogP contribution >= 0.6 is 0 Å². The molecule has 0 aliphatic rings. The average Bonchev–Trinajstić information content (AvgIpc) is 3.29. The number of carbonyl (C=O) groups is 2. The van der Waals surface area contributed by atoms with Crippen LogP contribution in [0.2, 0.25) is 0 Å². The van der Waals surface area contributed by atoms with E-state index in [1.54, 1.807) is 21.9 Å². The molecule has 0 saturated heterocycles. The minimum Gasteiger partial charge on any atom is -0.464 e. The molecule has 6 heteroatoms. The van der Waals surface area contributed by atoms with Crippen LogP contribution in [0.4, 0.5) is 4.39 Å². The van der Waals surface area contributed by atoms with Crippen LogP contribution in [0, 0.1) is 18.7 Å². The molecule has 0 unspecified atom stereocenters. The zero-order valence-corrected chi connectivity index (χ0v) is 22.5. The van der Waals surface area contributed by atoms with Gasteiger partial charge in [0, 0.05) is 18.7 Å². The van der Waals surface area contributed by atoms with Gasteiger partial charge in [-0.05, 0) is 73.2 Å². The first-order chi connectivity index (χ1) is 17.7. The number of benzene rings is 2. The fraction of sp³-hybridized carbons (Fsp3) is 0.419. The molecule has 3 rings (SSSR count). The molecule has 3 aromatic rings. The lowest BCUT2D eigenvalue weighted by molar-refractivity contribution is -0.133. The molecular formula is C31H39FN2O3. The van der Waals surface area contributed by atoms with Crippen molar-refractivity contribution in [2.24, 2.45) is 5.92 Å². The molecule has 0 N–H and O–H groups in total. The van der Waals surface area contributed by atoms with Crippen molar-refractivity contribution in [2.75, 3.05) is 13.1 Å². The lowest BCUT2D eigenvalue weighted by Crippen LogP contribution is -2.43. The van der Waals surface area contributed by atoms with Crippen molar-refractivity contribution in [3.63, 3.8) is 0 Å². The van der Waals surface area contributed by atoms with Gasteiger partial charge >= 0.3 is 0 Å². The molecule has 37 heavy (non-hydrogen) atoms. The van der Waals surface area contributed by atoms with Gasteiger partial charge in [0.2, 0.25) is 5.91 Å². The summed E-state index contributed by atoms with van der Waals surface area (Å²) in [4.78, 5) is 30.3. The first-order valence-corrected chi connectivity index (χ1v) is 13.2. The van der Waals surface area contributed by atoms with Gasteiger partial charge in [0.15, 0.2) is 0 Å². The van der Waals surface area contributed by atoms with E-state index < -0.39 is 0 Å². The Kier molecular flexibility index (Phi) is 10.5. The molecule has 2 amide bonds. The lowest BCUT2D eigenvalue weighted by atomic mass is 10.0. The molecule has 0 fully saturated rings. The van der Waals surface area contributed by atoms with Crippen LogP contribution in [-0.4, -0.2) is 34.7 Å². The highest BCUT2D eigenvalue weighted by molar-refractivity contribution is 5.96. The molecule has 0 spiro atoms. The largest absolute Gasteiger partial charge is 0.464 e. The number of amides is 2. The van der Waals surface area contributed by atoms with Crippen LogP contribution in [0.1, 0.15) is 73.0 Å². The van der Waals surface area contributed by atoms with Gasteiger partial charge in [-0.1, -0.05) is 57.9 Å². The maximum Gasteiger partial charge on any atom is 0.254 e. The Morgan fingerprint density at radius 1 is 0.865 bits per heavy atom. The van der Waals surface area contributed by atoms with Crippen molar-refractivity contribution in [3.05, 3.63) is 94.7 Å². The second-order valence-corrected chi connectivity index (χ2v) is 10.1. The highest BCUT2D eigenvalue weighted by Gasteiger charge is 2.24. The Labute approximate surface area is 220 Å². The average molecular weight is 507 g/mol. The normalized spacial score (nSPS) is 11.1. The first kappa shape index (κ1) is 28.2. The summed E-state index contributed by atoms with van der Waals surface area (Å²) in [6, 6.07) is 17.6. The topological polar surface area (TPSA) is 53.8 Å². The fourth-order valence-corrected chi connectivity index (χ4v) is 4.30. The third-order valence-corrected chi connectivity index (χ3v) is 6.25. The third-order valence-electron chi connectivity index (χ3n) is 6.25. The van der Waals surface area contributed by atoms with E-state index in [1.807, 2.05) is 57.2 Å². The number of carbonyl (C=O) groups excluding carboxylic acids is 2. The van der Waals surface area contributed by atoms with Gasteiger partial charge in [-0.25, -0.2) is 4.39 Å². The molecule has 5 nitrogen and oxygen atoms in total. The van der Waals surface area contributed by atoms with Gasteiger partial charge < -0.3 is 14.2 Å². The molecule has 1 aromatic heterocycles. The highest BCUT2D eigenvalue weighted by atomic mass is 19.1. The van der Waals surface area contributed by atoms with Crippen molar-refractivity contribution >= 4 is 11.8 Å². The zero-order valence-electron chi connectivity index (χ0n) is 22.5. The summed E-state index contributed by atoms with van der Waals surface area (Å²) < 4.78 is 19.2. The summed E-state index contributed by atoms with van der Waals surface area (Å²) in [5, 5.41) is 0. The van der Waals surface area contributed by atoms with Gasteiger partial charge in [0.05, 0.1) is 6.54 Å².